The van der Waals surface area contributed by atoms with E-state index in [0.717, 1.165) is 18.5 Å². The van der Waals surface area contributed by atoms with Gasteiger partial charge in [-0.15, -0.1) is 0 Å². The first-order valence-electron chi connectivity index (χ1n) is 8.80. The van der Waals surface area contributed by atoms with Gasteiger partial charge in [-0.3, -0.25) is 4.79 Å². The number of rotatable bonds is 9. The molecule has 0 saturated heterocycles. The number of benzene rings is 1. The number of nitrogens with one attached hydrogen (secondary N) is 1. The fraction of sp³-hybridized carbons (Fsp3) is 0.450. The molecule has 0 fully saturated rings. The van der Waals surface area contributed by atoms with Crippen molar-refractivity contribution in [2.45, 2.75) is 45.2 Å². The molecule has 0 aliphatic rings. The minimum Gasteiger partial charge on any atom is -0.394 e. The minimum absolute atomic E-state index is 0.0357. The Morgan fingerprint density at radius 3 is 2.44 bits per heavy atom. The second-order valence-corrected chi connectivity index (χ2v) is 7.01. The Labute approximate surface area is 154 Å². The second kappa shape index (κ2) is 9.64. The van der Waals surface area contributed by atoms with E-state index >= 15 is 0 Å². The van der Waals surface area contributed by atoms with Crippen LogP contribution in [0.2, 0.25) is 5.02 Å². The zero-order valence-corrected chi connectivity index (χ0v) is 15.6. The van der Waals surface area contributed by atoms with E-state index in [2.05, 4.69) is 16.8 Å². The average molecular weight is 363 g/mol. The maximum Gasteiger partial charge on any atom is 0.220 e. The maximum absolute atomic E-state index is 12.6. The molecule has 3 atom stereocenters. The number of aliphatic hydroxyl groups excluding tert-OH is 1. The summed E-state index contributed by atoms with van der Waals surface area (Å²) in [6, 6.07) is 11.4. The third-order valence-electron chi connectivity index (χ3n) is 4.74. The smallest absolute Gasteiger partial charge is 0.220 e. The molecular weight excluding hydrogens is 336 g/mol. The highest BCUT2D eigenvalue weighted by atomic mass is 35.5. The van der Waals surface area contributed by atoms with Crippen LogP contribution in [-0.2, 0) is 11.3 Å². The molecule has 0 aliphatic carbocycles. The highest BCUT2D eigenvalue weighted by Crippen LogP contribution is 2.24. The molecule has 1 aromatic carbocycles. The van der Waals surface area contributed by atoms with Gasteiger partial charge in [0, 0.05) is 36.3 Å². The summed E-state index contributed by atoms with van der Waals surface area (Å²) in [6.45, 7) is 4.78. The lowest BCUT2D eigenvalue weighted by Crippen LogP contribution is -2.42. The van der Waals surface area contributed by atoms with E-state index in [-0.39, 0.29) is 30.4 Å². The Hall–Kier alpha value is -1.78. The van der Waals surface area contributed by atoms with E-state index in [1.54, 1.807) is 0 Å². The zero-order valence-electron chi connectivity index (χ0n) is 14.9. The number of hydrogen-bond acceptors (Lipinski definition) is 2. The van der Waals surface area contributed by atoms with Crippen molar-refractivity contribution < 1.29 is 9.90 Å². The van der Waals surface area contributed by atoms with Crippen LogP contribution in [0.25, 0.3) is 0 Å². The van der Waals surface area contributed by atoms with Crippen LogP contribution in [0, 0.1) is 5.92 Å². The van der Waals surface area contributed by atoms with E-state index in [1.165, 1.54) is 0 Å². The summed E-state index contributed by atoms with van der Waals surface area (Å²) in [6.07, 6.45) is 5.27. The second-order valence-electron chi connectivity index (χ2n) is 6.57. The quantitative estimate of drug-likeness (QED) is 0.712. The number of hydrogen-bond donors (Lipinski definition) is 2. The molecule has 1 aromatic heterocycles. The molecule has 25 heavy (non-hydrogen) atoms. The number of halogens is 1. The minimum atomic E-state index is -0.199. The molecule has 2 aromatic rings. The monoisotopic (exact) mass is 362 g/mol. The summed E-state index contributed by atoms with van der Waals surface area (Å²) in [5, 5.41) is 13.2. The third kappa shape index (κ3) is 5.91. The van der Waals surface area contributed by atoms with Gasteiger partial charge < -0.3 is 15.0 Å². The van der Waals surface area contributed by atoms with Crippen LogP contribution >= 0.6 is 11.6 Å². The molecule has 1 heterocycles. The largest absolute Gasteiger partial charge is 0.394 e. The summed E-state index contributed by atoms with van der Waals surface area (Å²) in [5.41, 5.74) is 1.08. The summed E-state index contributed by atoms with van der Waals surface area (Å²) < 4.78 is 2.07. The molecule has 1 unspecified atom stereocenters. The molecule has 1 amide bonds. The molecule has 0 spiro atoms. The van der Waals surface area contributed by atoms with Gasteiger partial charge >= 0.3 is 0 Å². The number of carbonyl (C=O) groups is 1. The van der Waals surface area contributed by atoms with Gasteiger partial charge in [0.05, 0.1) is 12.6 Å². The van der Waals surface area contributed by atoms with Crippen molar-refractivity contribution >= 4 is 17.5 Å². The molecule has 2 rings (SSSR count). The predicted octanol–water partition coefficient (Wildman–Crippen LogP) is 3.84. The Morgan fingerprint density at radius 2 is 1.88 bits per heavy atom. The summed E-state index contributed by atoms with van der Waals surface area (Å²) in [4.78, 5) is 12.6. The van der Waals surface area contributed by atoms with Crippen LogP contribution < -0.4 is 5.32 Å². The molecule has 5 heteroatoms. The first-order valence-corrected chi connectivity index (χ1v) is 9.17. The molecule has 136 valence electrons. The Morgan fingerprint density at radius 1 is 1.24 bits per heavy atom. The summed E-state index contributed by atoms with van der Waals surface area (Å²) in [7, 11) is 0. The van der Waals surface area contributed by atoms with Crippen molar-refractivity contribution in [3.63, 3.8) is 0 Å². The molecule has 0 saturated carbocycles. The lowest BCUT2D eigenvalue weighted by Gasteiger charge is -2.24. The lowest BCUT2D eigenvalue weighted by atomic mass is 9.94. The van der Waals surface area contributed by atoms with Crippen LogP contribution in [0.5, 0.6) is 0 Å². The third-order valence-corrected chi connectivity index (χ3v) is 5.00. The van der Waals surface area contributed by atoms with Crippen LogP contribution in [0.15, 0.2) is 48.8 Å². The zero-order chi connectivity index (χ0) is 18.2. The van der Waals surface area contributed by atoms with Crippen LogP contribution in [0.4, 0.5) is 0 Å². The fourth-order valence-corrected chi connectivity index (χ4v) is 3.04. The van der Waals surface area contributed by atoms with E-state index in [9.17, 15) is 9.90 Å². The van der Waals surface area contributed by atoms with E-state index < -0.39 is 0 Å². The molecule has 2 N–H and O–H groups in total. The Balaban J connectivity index is 2.09. The van der Waals surface area contributed by atoms with Crippen molar-refractivity contribution in [1.82, 2.24) is 9.88 Å². The van der Waals surface area contributed by atoms with E-state index in [0.29, 0.717) is 11.4 Å². The number of aromatic nitrogens is 1. The predicted molar refractivity (Wildman–Crippen MR) is 102 cm³/mol. The normalized spacial score (nSPS) is 14.7. The first-order chi connectivity index (χ1) is 12.0. The molecule has 4 nitrogen and oxygen atoms in total. The summed E-state index contributed by atoms with van der Waals surface area (Å²) >= 11 is 5.99. The fourth-order valence-electron chi connectivity index (χ4n) is 2.91. The Bertz CT molecular complexity index is 640. The van der Waals surface area contributed by atoms with Crippen LogP contribution in [-0.4, -0.2) is 28.2 Å². The van der Waals surface area contributed by atoms with E-state index in [1.807, 2.05) is 55.7 Å². The van der Waals surface area contributed by atoms with Crippen molar-refractivity contribution in [3.8, 4) is 0 Å². The van der Waals surface area contributed by atoms with Crippen molar-refractivity contribution in [3.05, 3.63) is 59.4 Å². The van der Waals surface area contributed by atoms with Gasteiger partial charge in [-0.1, -0.05) is 44.0 Å². The van der Waals surface area contributed by atoms with Gasteiger partial charge in [-0.25, -0.2) is 0 Å². The highest BCUT2D eigenvalue weighted by Gasteiger charge is 2.21. The Kier molecular flexibility index (Phi) is 7.53. The highest BCUT2D eigenvalue weighted by molar-refractivity contribution is 6.30. The van der Waals surface area contributed by atoms with Gasteiger partial charge in [-0.2, -0.15) is 0 Å². The average Bonchev–Trinajstić information content (AvgIpc) is 3.12. The van der Waals surface area contributed by atoms with Crippen molar-refractivity contribution in [2.24, 2.45) is 5.92 Å². The van der Waals surface area contributed by atoms with Crippen molar-refractivity contribution in [1.29, 1.82) is 0 Å². The van der Waals surface area contributed by atoms with Gasteiger partial charge in [0.25, 0.3) is 0 Å². The standard InChI is InChI=1S/C20H27ClN2O2/c1-3-15(2)19(14-24)22-20(25)12-17(13-23-10-4-5-11-23)16-6-8-18(21)9-7-16/h4-11,15,17,19,24H,3,12-14H2,1-2H3,(H,22,25)/t15-,17?,19-/m1/s1. The summed E-state index contributed by atoms with van der Waals surface area (Å²) in [5.74, 6) is 0.250. The van der Waals surface area contributed by atoms with Crippen LogP contribution in [0.1, 0.15) is 38.2 Å². The number of carbonyl (C=O) groups excluding carboxylic acids is 1. The molecular formula is C20H27ClN2O2. The van der Waals surface area contributed by atoms with Gasteiger partial charge in [0.15, 0.2) is 0 Å². The molecule has 0 aliphatic heterocycles. The molecule has 0 radical (unpaired) electrons. The number of amides is 1. The number of nitrogens with zero attached hydrogens (tertiary/aromatic N) is 1. The van der Waals surface area contributed by atoms with Crippen LogP contribution in [0.3, 0.4) is 0 Å². The topological polar surface area (TPSA) is 54.3 Å². The lowest BCUT2D eigenvalue weighted by molar-refractivity contribution is -0.123. The molecule has 0 bridgehead atoms. The van der Waals surface area contributed by atoms with E-state index in [4.69, 9.17) is 11.6 Å². The SMILES string of the molecule is CC[C@@H](C)[C@@H](CO)NC(=O)CC(Cn1cccc1)c1ccc(Cl)cc1. The first kappa shape index (κ1) is 19.5. The van der Waals surface area contributed by atoms with Crippen molar-refractivity contribution in [2.75, 3.05) is 6.61 Å². The number of aliphatic hydroxyl groups is 1. The maximum atomic E-state index is 12.6. The van der Waals surface area contributed by atoms with Gasteiger partial charge in [0.2, 0.25) is 5.91 Å². The van der Waals surface area contributed by atoms with Gasteiger partial charge in [-0.05, 0) is 35.7 Å². The van der Waals surface area contributed by atoms with Gasteiger partial charge in [0.1, 0.15) is 0 Å².